The van der Waals surface area contributed by atoms with Crippen LogP contribution in [0.4, 0.5) is 5.82 Å². The summed E-state index contributed by atoms with van der Waals surface area (Å²) in [6.07, 6.45) is 8.60. The summed E-state index contributed by atoms with van der Waals surface area (Å²) in [5.41, 5.74) is 7.46. The number of aromatic nitrogens is 2. The Morgan fingerprint density at radius 3 is 2.42 bits per heavy atom. The number of hydrogen-bond acceptors (Lipinski definition) is 11. The molecule has 14 nitrogen and oxygen atoms in total. The number of hydrogen-bond donors (Lipinski definition) is 4. The number of nitrogen functional groups attached to an aromatic ring is 1. The molecule has 1 saturated heterocycles. The van der Waals surface area contributed by atoms with Crippen LogP contribution in [0.1, 0.15) is 97.8 Å². The number of carbonyl (C=O) groups is 5. The van der Waals surface area contributed by atoms with Crippen LogP contribution < -0.4 is 25.8 Å². The number of rotatable bonds is 16. The molecule has 4 fully saturated rings. The van der Waals surface area contributed by atoms with Gasteiger partial charge in [0.05, 0.1) is 24.3 Å². The van der Waals surface area contributed by atoms with Gasteiger partial charge in [0.1, 0.15) is 23.2 Å². The number of amides is 5. The lowest BCUT2D eigenvalue weighted by Crippen LogP contribution is -2.74. The summed E-state index contributed by atoms with van der Waals surface area (Å²) in [6.45, 7) is 0.831. The van der Waals surface area contributed by atoms with Crippen LogP contribution in [0.25, 0.3) is 11.3 Å². The molecule has 14 heteroatoms. The molecule has 5 aliphatic rings. The van der Waals surface area contributed by atoms with Crippen molar-refractivity contribution in [1.82, 2.24) is 25.7 Å². The smallest absolute Gasteiger partial charge is 0.266 e. The summed E-state index contributed by atoms with van der Waals surface area (Å²) in [5.74, 6) is -1.09. The molecule has 3 heterocycles. The van der Waals surface area contributed by atoms with E-state index in [9.17, 15) is 29.1 Å². The Kier molecular flexibility index (Phi) is 9.56. The Hall–Kier alpha value is -5.53. The Morgan fingerprint density at radius 2 is 1.63 bits per heavy atom. The molecule has 0 spiro atoms. The fraction of sp³-hybridized carbons (Fsp3) is 0.447. The third kappa shape index (κ3) is 6.89. The average Bonchev–Trinajstić information content (AvgIpc) is 3.34. The minimum absolute atomic E-state index is 0.0611. The SMILES string of the molecule is Nc1nnc(-c2ccccc2O)cc1OCCC12CC(NC(=O)CCCCCCCOc3cccc4c3C(=O)N(C3CCC(=O)NC3=O)C4=O)(C1)C2. The molecule has 0 radical (unpaired) electrons. The zero-order valence-electron chi connectivity index (χ0n) is 28.8. The Labute approximate surface area is 300 Å². The lowest BCUT2D eigenvalue weighted by atomic mass is 9.38. The zero-order valence-corrected chi connectivity index (χ0v) is 28.8. The van der Waals surface area contributed by atoms with Crippen LogP contribution in [-0.4, -0.2) is 74.5 Å². The number of anilines is 1. The highest BCUT2D eigenvalue weighted by Gasteiger charge is 2.67. The number of nitrogens with two attached hydrogens (primary N) is 1. The van der Waals surface area contributed by atoms with E-state index < -0.39 is 29.7 Å². The number of imide groups is 2. The molecule has 272 valence electrons. The number of ether oxygens (including phenoxy) is 2. The maximum absolute atomic E-state index is 13.2. The van der Waals surface area contributed by atoms with Crippen molar-refractivity contribution in [3.8, 4) is 28.5 Å². The fourth-order valence-corrected chi connectivity index (χ4v) is 8.16. The summed E-state index contributed by atoms with van der Waals surface area (Å²) >= 11 is 0. The maximum atomic E-state index is 13.2. The van der Waals surface area contributed by atoms with Gasteiger partial charge >= 0.3 is 0 Å². The van der Waals surface area contributed by atoms with Crippen molar-refractivity contribution in [1.29, 1.82) is 0 Å². The van der Waals surface area contributed by atoms with E-state index in [2.05, 4.69) is 20.8 Å². The molecule has 2 bridgehead atoms. The third-order valence-corrected chi connectivity index (χ3v) is 10.6. The van der Waals surface area contributed by atoms with E-state index in [1.165, 1.54) is 0 Å². The highest BCUT2D eigenvalue weighted by atomic mass is 16.5. The molecule has 3 saturated carbocycles. The van der Waals surface area contributed by atoms with Gasteiger partial charge in [-0.2, -0.15) is 0 Å². The molecule has 5 N–H and O–H groups in total. The van der Waals surface area contributed by atoms with Crippen molar-refractivity contribution in [2.75, 3.05) is 18.9 Å². The van der Waals surface area contributed by atoms with Crippen LogP contribution >= 0.6 is 0 Å². The molecule has 8 rings (SSSR count). The number of benzene rings is 2. The molecular formula is C38H42N6O8. The Bertz CT molecular complexity index is 1910. The molecule has 1 aromatic heterocycles. The summed E-state index contributed by atoms with van der Waals surface area (Å²) in [5, 5.41) is 23.7. The third-order valence-electron chi connectivity index (χ3n) is 10.6. The standard InChI is InChI=1S/C38H42N6O8/c39-33-29(19-25(42-43-33)23-9-5-6-11-27(23)45)52-18-16-37-20-38(21-37,22-37)41-31(47)13-4-2-1-3-7-17-51-28-12-8-10-24-32(28)36(50)44(35(24)49)26-14-15-30(46)40-34(26)48/h5-6,8-12,19,26,45H,1-4,7,13-18,20-22H2,(H2,39,43)(H,41,47)(H,40,46,48). The number of aromatic hydroxyl groups is 1. The largest absolute Gasteiger partial charge is 0.507 e. The van der Waals surface area contributed by atoms with Gasteiger partial charge in [0.25, 0.3) is 11.8 Å². The van der Waals surface area contributed by atoms with Crippen molar-refractivity contribution >= 4 is 35.4 Å². The summed E-state index contributed by atoms with van der Waals surface area (Å²) in [7, 11) is 0. The van der Waals surface area contributed by atoms with Gasteiger partial charge in [0.2, 0.25) is 17.7 Å². The van der Waals surface area contributed by atoms with Crippen molar-refractivity contribution in [3.05, 3.63) is 59.7 Å². The molecule has 3 aromatic rings. The first-order valence-electron chi connectivity index (χ1n) is 17.9. The van der Waals surface area contributed by atoms with Gasteiger partial charge in [-0.05, 0) is 74.6 Å². The normalized spacial score (nSPS) is 23.0. The summed E-state index contributed by atoms with van der Waals surface area (Å²) < 4.78 is 11.9. The van der Waals surface area contributed by atoms with Crippen molar-refractivity contribution in [2.24, 2.45) is 5.41 Å². The molecule has 5 amide bonds. The van der Waals surface area contributed by atoms with E-state index in [4.69, 9.17) is 15.2 Å². The highest BCUT2D eigenvalue weighted by molar-refractivity contribution is 6.24. The van der Waals surface area contributed by atoms with Crippen molar-refractivity contribution < 1.29 is 38.6 Å². The first kappa shape index (κ1) is 34.9. The lowest BCUT2D eigenvalue weighted by molar-refractivity contribution is -0.171. The number of para-hydroxylation sites is 1. The van der Waals surface area contributed by atoms with Gasteiger partial charge < -0.3 is 25.6 Å². The van der Waals surface area contributed by atoms with Crippen LogP contribution in [0, 0.1) is 5.41 Å². The zero-order chi connectivity index (χ0) is 36.5. The molecule has 1 atom stereocenters. The van der Waals surface area contributed by atoms with Gasteiger partial charge in [-0.3, -0.25) is 34.2 Å². The second-order valence-corrected chi connectivity index (χ2v) is 14.4. The highest BCUT2D eigenvalue weighted by Crippen LogP contribution is 2.69. The molecule has 2 aliphatic heterocycles. The minimum Gasteiger partial charge on any atom is -0.507 e. The number of nitrogens with zero attached hydrogens (tertiary/aromatic N) is 3. The van der Waals surface area contributed by atoms with E-state index in [1.807, 2.05) is 6.07 Å². The molecule has 1 unspecified atom stereocenters. The second-order valence-electron chi connectivity index (χ2n) is 14.4. The molecule has 52 heavy (non-hydrogen) atoms. The number of unbranched alkanes of at least 4 members (excludes halogenated alkanes) is 4. The van der Waals surface area contributed by atoms with Crippen LogP contribution in [0.15, 0.2) is 48.5 Å². The Morgan fingerprint density at radius 1 is 0.904 bits per heavy atom. The number of phenols is 1. The lowest BCUT2D eigenvalue weighted by Gasteiger charge is -2.71. The monoisotopic (exact) mass is 710 g/mol. The summed E-state index contributed by atoms with van der Waals surface area (Å²) in [6, 6.07) is 12.4. The number of phenolic OH excluding ortho intramolecular Hbond substituents is 1. The van der Waals surface area contributed by atoms with Crippen LogP contribution in [0.2, 0.25) is 0 Å². The van der Waals surface area contributed by atoms with E-state index in [0.717, 1.165) is 62.7 Å². The van der Waals surface area contributed by atoms with Gasteiger partial charge in [-0.15, -0.1) is 10.2 Å². The van der Waals surface area contributed by atoms with Gasteiger partial charge in [0, 0.05) is 30.0 Å². The first-order chi connectivity index (χ1) is 25.1. The van der Waals surface area contributed by atoms with Crippen LogP contribution in [0.3, 0.4) is 0 Å². The van der Waals surface area contributed by atoms with Gasteiger partial charge in [-0.1, -0.05) is 37.5 Å². The number of piperidine rings is 1. The molecule has 2 aromatic carbocycles. The number of carbonyl (C=O) groups excluding carboxylic acids is 5. The van der Waals surface area contributed by atoms with Gasteiger partial charge in [-0.25, -0.2) is 0 Å². The second kappa shape index (κ2) is 14.2. The molecular weight excluding hydrogens is 668 g/mol. The van der Waals surface area contributed by atoms with Crippen molar-refractivity contribution in [3.63, 3.8) is 0 Å². The van der Waals surface area contributed by atoms with E-state index in [-0.39, 0.29) is 52.4 Å². The van der Waals surface area contributed by atoms with Crippen molar-refractivity contribution in [2.45, 2.75) is 88.6 Å². The van der Waals surface area contributed by atoms with E-state index in [0.29, 0.717) is 42.4 Å². The molecule has 3 aliphatic carbocycles. The topological polar surface area (TPSA) is 203 Å². The van der Waals surface area contributed by atoms with E-state index in [1.54, 1.807) is 42.5 Å². The predicted octanol–water partition coefficient (Wildman–Crippen LogP) is 4.06. The average molecular weight is 711 g/mol. The van der Waals surface area contributed by atoms with Crippen LogP contribution in [0.5, 0.6) is 17.2 Å². The maximum Gasteiger partial charge on any atom is 0.266 e. The summed E-state index contributed by atoms with van der Waals surface area (Å²) in [4.78, 5) is 63.7. The van der Waals surface area contributed by atoms with E-state index >= 15 is 0 Å². The minimum atomic E-state index is -1.02. The fourth-order valence-electron chi connectivity index (χ4n) is 8.16. The number of nitrogens with one attached hydrogen (secondary N) is 2. The predicted molar refractivity (Wildman–Crippen MR) is 187 cm³/mol. The van der Waals surface area contributed by atoms with Crippen LogP contribution in [-0.2, 0) is 14.4 Å². The first-order valence-corrected chi connectivity index (χ1v) is 17.9. The Balaban J connectivity index is 0.763. The quantitative estimate of drug-likeness (QED) is 0.123. The number of fused-ring (bicyclic) bond motifs is 1. The van der Waals surface area contributed by atoms with Gasteiger partial charge in [0.15, 0.2) is 11.6 Å².